The zero-order chi connectivity index (χ0) is 20.5. The van der Waals surface area contributed by atoms with E-state index in [-0.39, 0.29) is 0 Å². The molecule has 1 unspecified atom stereocenters. The first-order chi connectivity index (χ1) is 14.7. The van der Waals surface area contributed by atoms with Crippen molar-refractivity contribution in [2.75, 3.05) is 23.3 Å². The molecule has 1 N–H and O–H groups in total. The molecule has 5 rings (SSSR count). The van der Waals surface area contributed by atoms with Gasteiger partial charge >= 0.3 is 0 Å². The molecule has 30 heavy (non-hydrogen) atoms. The first kappa shape index (κ1) is 18.6. The highest BCUT2D eigenvalue weighted by molar-refractivity contribution is 5.90. The maximum Gasteiger partial charge on any atom is 0.229 e. The van der Waals surface area contributed by atoms with E-state index in [1.807, 2.05) is 41.2 Å². The zero-order valence-electron chi connectivity index (χ0n) is 17.4. The lowest BCUT2D eigenvalue weighted by atomic mass is 10.0. The fourth-order valence-electron chi connectivity index (χ4n) is 4.12. The van der Waals surface area contributed by atoms with Crippen LogP contribution in [0.2, 0.25) is 0 Å². The highest BCUT2D eigenvalue weighted by Gasteiger charge is 2.22. The molecule has 2 aromatic heterocycles. The molecule has 152 valence electrons. The Labute approximate surface area is 176 Å². The number of nitrogens with one attached hydrogen (secondary N) is 1. The summed E-state index contributed by atoms with van der Waals surface area (Å²) in [5.74, 6) is 2.20. The van der Waals surface area contributed by atoms with Gasteiger partial charge in [0.05, 0.1) is 17.3 Å². The van der Waals surface area contributed by atoms with Crippen molar-refractivity contribution in [2.45, 2.75) is 26.7 Å². The maximum atomic E-state index is 4.96. The Balaban J connectivity index is 1.64. The van der Waals surface area contributed by atoms with Crippen molar-refractivity contribution in [1.82, 2.24) is 19.7 Å². The SMILES string of the molecule is Cc1cccc(Nc2nc(N3CCCC(C)C3)nc3c2cnn3-c2ccccc2)c1. The van der Waals surface area contributed by atoms with Crippen molar-refractivity contribution >= 4 is 28.5 Å². The average Bonchev–Trinajstić information content (AvgIpc) is 3.19. The summed E-state index contributed by atoms with van der Waals surface area (Å²) in [5, 5.41) is 9.07. The number of benzene rings is 2. The summed E-state index contributed by atoms with van der Waals surface area (Å²) >= 11 is 0. The molecule has 0 aliphatic carbocycles. The number of anilines is 3. The molecule has 0 spiro atoms. The van der Waals surface area contributed by atoms with Crippen LogP contribution in [0, 0.1) is 12.8 Å². The molecule has 0 radical (unpaired) electrons. The Morgan fingerprint density at radius 3 is 2.70 bits per heavy atom. The number of fused-ring (bicyclic) bond motifs is 1. The molecule has 2 aromatic carbocycles. The van der Waals surface area contributed by atoms with Crippen LogP contribution in [0.5, 0.6) is 0 Å². The van der Waals surface area contributed by atoms with Crippen molar-refractivity contribution in [2.24, 2.45) is 5.92 Å². The van der Waals surface area contributed by atoms with E-state index in [9.17, 15) is 0 Å². The molecule has 0 amide bonds. The Bertz CT molecular complexity index is 1170. The van der Waals surface area contributed by atoms with Crippen LogP contribution in [0.1, 0.15) is 25.3 Å². The number of hydrogen-bond donors (Lipinski definition) is 1. The Hall–Kier alpha value is -3.41. The van der Waals surface area contributed by atoms with E-state index in [4.69, 9.17) is 9.97 Å². The molecule has 6 heteroatoms. The summed E-state index contributed by atoms with van der Waals surface area (Å²) in [6, 6.07) is 18.5. The lowest BCUT2D eigenvalue weighted by Crippen LogP contribution is -2.35. The minimum Gasteiger partial charge on any atom is -0.340 e. The molecule has 3 heterocycles. The van der Waals surface area contributed by atoms with E-state index in [2.05, 4.69) is 53.4 Å². The fourth-order valence-corrected chi connectivity index (χ4v) is 4.12. The second-order valence-electron chi connectivity index (χ2n) is 8.19. The van der Waals surface area contributed by atoms with Crippen molar-refractivity contribution in [3.8, 4) is 5.69 Å². The van der Waals surface area contributed by atoms with E-state index >= 15 is 0 Å². The predicted octanol–water partition coefficient (Wildman–Crippen LogP) is 5.10. The van der Waals surface area contributed by atoms with E-state index in [1.165, 1.54) is 18.4 Å². The van der Waals surface area contributed by atoms with Crippen LogP contribution in [-0.2, 0) is 0 Å². The zero-order valence-corrected chi connectivity index (χ0v) is 17.4. The maximum absolute atomic E-state index is 4.96. The third-order valence-corrected chi connectivity index (χ3v) is 5.64. The van der Waals surface area contributed by atoms with Crippen LogP contribution in [0.25, 0.3) is 16.7 Å². The van der Waals surface area contributed by atoms with Crippen LogP contribution in [0.3, 0.4) is 0 Å². The molecule has 1 saturated heterocycles. The topological polar surface area (TPSA) is 58.9 Å². The highest BCUT2D eigenvalue weighted by atomic mass is 15.3. The summed E-state index contributed by atoms with van der Waals surface area (Å²) in [7, 11) is 0. The molecule has 6 nitrogen and oxygen atoms in total. The van der Waals surface area contributed by atoms with Gasteiger partial charge in [-0.05, 0) is 55.5 Å². The average molecular weight is 399 g/mol. The van der Waals surface area contributed by atoms with Crippen molar-refractivity contribution < 1.29 is 0 Å². The molecule has 1 aliphatic heterocycles. The van der Waals surface area contributed by atoms with Gasteiger partial charge in [0.1, 0.15) is 5.82 Å². The number of para-hydroxylation sites is 1. The van der Waals surface area contributed by atoms with Crippen LogP contribution in [0.4, 0.5) is 17.5 Å². The summed E-state index contributed by atoms with van der Waals surface area (Å²) in [4.78, 5) is 12.2. The van der Waals surface area contributed by atoms with E-state index in [1.54, 1.807) is 0 Å². The largest absolute Gasteiger partial charge is 0.340 e. The summed E-state index contributed by atoms with van der Waals surface area (Å²) in [6.07, 6.45) is 4.28. The van der Waals surface area contributed by atoms with Crippen LogP contribution in [-0.4, -0.2) is 32.8 Å². The van der Waals surface area contributed by atoms with Crippen molar-refractivity contribution in [1.29, 1.82) is 0 Å². The number of nitrogens with zero attached hydrogens (tertiary/aromatic N) is 5. The van der Waals surface area contributed by atoms with Gasteiger partial charge in [0.25, 0.3) is 0 Å². The Morgan fingerprint density at radius 2 is 1.90 bits per heavy atom. The van der Waals surface area contributed by atoms with Crippen LogP contribution >= 0.6 is 0 Å². The van der Waals surface area contributed by atoms with Crippen molar-refractivity contribution in [3.05, 3.63) is 66.4 Å². The van der Waals surface area contributed by atoms with Gasteiger partial charge in [-0.3, -0.25) is 0 Å². The minimum atomic E-state index is 0.644. The molecule has 1 atom stereocenters. The first-order valence-corrected chi connectivity index (χ1v) is 10.6. The monoisotopic (exact) mass is 398 g/mol. The van der Waals surface area contributed by atoms with Gasteiger partial charge < -0.3 is 10.2 Å². The van der Waals surface area contributed by atoms with Gasteiger partial charge in [-0.2, -0.15) is 15.1 Å². The molecule has 1 aliphatic rings. The van der Waals surface area contributed by atoms with Gasteiger partial charge in [-0.1, -0.05) is 37.3 Å². The van der Waals surface area contributed by atoms with Gasteiger partial charge in [-0.15, -0.1) is 0 Å². The first-order valence-electron chi connectivity index (χ1n) is 10.6. The molecule has 0 saturated carbocycles. The highest BCUT2D eigenvalue weighted by Crippen LogP contribution is 2.29. The third-order valence-electron chi connectivity index (χ3n) is 5.64. The molecule has 0 bridgehead atoms. The van der Waals surface area contributed by atoms with Crippen LogP contribution in [0.15, 0.2) is 60.8 Å². The van der Waals surface area contributed by atoms with E-state index in [0.29, 0.717) is 5.92 Å². The number of rotatable bonds is 4. The lowest BCUT2D eigenvalue weighted by molar-refractivity contribution is 0.442. The smallest absolute Gasteiger partial charge is 0.229 e. The fraction of sp³-hybridized carbons (Fsp3) is 0.292. The van der Waals surface area contributed by atoms with E-state index < -0.39 is 0 Å². The van der Waals surface area contributed by atoms with Gasteiger partial charge in [-0.25, -0.2) is 4.68 Å². The predicted molar refractivity (Wildman–Crippen MR) is 122 cm³/mol. The van der Waals surface area contributed by atoms with Crippen LogP contribution < -0.4 is 10.2 Å². The molecule has 4 aromatic rings. The normalized spacial score (nSPS) is 16.7. The van der Waals surface area contributed by atoms with E-state index in [0.717, 1.165) is 47.3 Å². The molecular formula is C24H26N6. The Kier molecular flexibility index (Phi) is 4.83. The lowest BCUT2D eigenvalue weighted by Gasteiger charge is -2.31. The second kappa shape index (κ2) is 7.78. The number of aryl methyl sites for hydroxylation is 1. The second-order valence-corrected chi connectivity index (χ2v) is 8.19. The molecule has 1 fully saturated rings. The number of piperidine rings is 1. The minimum absolute atomic E-state index is 0.644. The van der Waals surface area contributed by atoms with Gasteiger partial charge in [0.2, 0.25) is 5.95 Å². The third kappa shape index (κ3) is 3.61. The summed E-state index contributed by atoms with van der Waals surface area (Å²) in [6.45, 7) is 6.35. The standard InChI is InChI=1S/C24H26N6/c1-17-8-6-10-19(14-17)26-22-21-15-25-30(20-11-4-3-5-12-20)23(21)28-24(27-22)29-13-7-9-18(2)16-29/h3-6,8,10-12,14-15,18H,7,9,13,16H2,1-2H3,(H,26,27,28). The van der Waals surface area contributed by atoms with Gasteiger partial charge in [0.15, 0.2) is 5.65 Å². The summed E-state index contributed by atoms with van der Waals surface area (Å²) < 4.78 is 1.90. The Morgan fingerprint density at radius 1 is 1.03 bits per heavy atom. The van der Waals surface area contributed by atoms with Crippen molar-refractivity contribution in [3.63, 3.8) is 0 Å². The van der Waals surface area contributed by atoms with Gasteiger partial charge in [0, 0.05) is 18.8 Å². The summed E-state index contributed by atoms with van der Waals surface area (Å²) in [5.41, 5.74) is 4.03. The quantitative estimate of drug-likeness (QED) is 0.518. The number of hydrogen-bond acceptors (Lipinski definition) is 5. The molecular weight excluding hydrogens is 372 g/mol. The number of aromatic nitrogens is 4.